The van der Waals surface area contributed by atoms with Gasteiger partial charge in [0.2, 0.25) is 0 Å². The first-order valence-corrected chi connectivity index (χ1v) is 12.0. The summed E-state index contributed by atoms with van der Waals surface area (Å²) in [6.07, 6.45) is 3.49. The standard InChI is InChI=1S/C28H28BrN3O2/c1-28(2,3)23-9-13-26(14-10-23)34-19-21-5-4-6-22(15-21)27(33)31-25-16-30-32(18-25)17-20-7-11-24(29)12-8-20/h4-16,18H,17,19H2,1-3H3,(H,31,33). The van der Waals surface area contributed by atoms with E-state index in [2.05, 4.69) is 59.2 Å². The molecule has 4 aromatic rings. The maximum absolute atomic E-state index is 12.8. The third-order valence-corrected chi connectivity index (χ3v) is 5.99. The van der Waals surface area contributed by atoms with E-state index in [4.69, 9.17) is 4.74 Å². The fourth-order valence-electron chi connectivity index (χ4n) is 3.51. The average Bonchev–Trinajstić information content (AvgIpc) is 3.25. The number of ether oxygens (including phenoxy) is 1. The van der Waals surface area contributed by atoms with Gasteiger partial charge in [0.1, 0.15) is 12.4 Å². The Bertz CT molecular complexity index is 1260. The maximum Gasteiger partial charge on any atom is 0.255 e. The molecule has 4 rings (SSSR count). The number of hydrogen-bond acceptors (Lipinski definition) is 3. The molecule has 5 nitrogen and oxygen atoms in total. The third-order valence-electron chi connectivity index (χ3n) is 5.46. The molecule has 0 aliphatic rings. The highest BCUT2D eigenvalue weighted by molar-refractivity contribution is 9.10. The van der Waals surface area contributed by atoms with Crippen LogP contribution in [0.1, 0.15) is 47.8 Å². The molecule has 0 fully saturated rings. The zero-order chi connectivity index (χ0) is 24.1. The average molecular weight is 518 g/mol. The lowest BCUT2D eigenvalue weighted by molar-refractivity contribution is 0.102. The quantitative estimate of drug-likeness (QED) is 0.292. The number of amides is 1. The van der Waals surface area contributed by atoms with Gasteiger partial charge in [0, 0.05) is 16.2 Å². The highest BCUT2D eigenvalue weighted by atomic mass is 79.9. The van der Waals surface area contributed by atoms with Crippen molar-refractivity contribution in [2.75, 3.05) is 5.32 Å². The van der Waals surface area contributed by atoms with Crippen molar-refractivity contribution in [3.8, 4) is 5.75 Å². The summed E-state index contributed by atoms with van der Waals surface area (Å²) < 4.78 is 8.77. The van der Waals surface area contributed by atoms with Crippen LogP contribution in [-0.2, 0) is 18.6 Å². The molecule has 0 atom stereocenters. The van der Waals surface area contributed by atoms with Gasteiger partial charge in [0.15, 0.2) is 0 Å². The van der Waals surface area contributed by atoms with E-state index >= 15 is 0 Å². The number of aromatic nitrogens is 2. The van der Waals surface area contributed by atoms with Gasteiger partial charge < -0.3 is 10.1 Å². The van der Waals surface area contributed by atoms with Crippen LogP contribution < -0.4 is 10.1 Å². The maximum atomic E-state index is 12.8. The molecule has 0 spiro atoms. The Kier molecular flexibility index (Phi) is 7.17. The van der Waals surface area contributed by atoms with Crippen LogP contribution in [0, 0.1) is 0 Å². The van der Waals surface area contributed by atoms with Gasteiger partial charge in [-0.2, -0.15) is 5.10 Å². The molecule has 0 saturated carbocycles. The summed E-state index contributed by atoms with van der Waals surface area (Å²) in [6, 6.07) is 23.7. The zero-order valence-corrected chi connectivity index (χ0v) is 21.2. The van der Waals surface area contributed by atoms with Crippen LogP contribution in [0.2, 0.25) is 0 Å². The van der Waals surface area contributed by atoms with Crippen LogP contribution in [-0.4, -0.2) is 15.7 Å². The van der Waals surface area contributed by atoms with Crippen LogP contribution in [0.4, 0.5) is 5.69 Å². The van der Waals surface area contributed by atoms with Crippen LogP contribution in [0.5, 0.6) is 5.75 Å². The van der Waals surface area contributed by atoms with E-state index in [1.807, 2.05) is 60.8 Å². The highest BCUT2D eigenvalue weighted by Gasteiger charge is 2.13. The number of hydrogen-bond donors (Lipinski definition) is 1. The minimum Gasteiger partial charge on any atom is -0.489 e. The molecule has 1 aromatic heterocycles. The summed E-state index contributed by atoms with van der Waals surface area (Å²) in [6.45, 7) is 7.58. The second kappa shape index (κ2) is 10.3. The van der Waals surface area contributed by atoms with Gasteiger partial charge in [-0.15, -0.1) is 0 Å². The second-order valence-electron chi connectivity index (χ2n) is 9.27. The smallest absolute Gasteiger partial charge is 0.255 e. The minimum atomic E-state index is -0.181. The Morgan fingerprint density at radius 1 is 1.00 bits per heavy atom. The van der Waals surface area contributed by atoms with Crippen molar-refractivity contribution in [1.29, 1.82) is 0 Å². The molecule has 1 heterocycles. The van der Waals surface area contributed by atoms with Crippen molar-refractivity contribution in [1.82, 2.24) is 9.78 Å². The van der Waals surface area contributed by atoms with Crippen molar-refractivity contribution in [2.45, 2.75) is 39.3 Å². The number of carbonyl (C=O) groups is 1. The second-order valence-corrected chi connectivity index (χ2v) is 10.2. The number of nitrogens with zero attached hydrogens (tertiary/aromatic N) is 2. The molecule has 0 aliphatic heterocycles. The number of benzene rings is 3. The van der Waals surface area contributed by atoms with E-state index < -0.39 is 0 Å². The van der Waals surface area contributed by atoms with Gasteiger partial charge in [0.25, 0.3) is 5.91 Å². The summed E-state index contributed by atoms with van der Waals surface area (Å²) in [5, 5.41) is 7.28. The SMILES string of the molecule is CC(C)(C)c1ccc(OCc2cccc(C(=O)Nc3cnn(Cc4ccc(Br)cc4)c3)c2)cc1. The van der Waals surface area contributed by atoms with E-state index in [-0.39, 0.29) is 11.3 Å². The topological polar surface area (TPSA) is 56.1 Å². The molecular weight excluding hydrogens is 490 g/mol. The molecule has 0 bridgehead atoms. The summed E-state index contributed by atoms with van der Waals surface area (Å²) in [5.74, 6) is 0.626. The van der Waals surface area contributed by atoms with E-state index in [0.29, 0.717) is 24.4 Å². The van der Waals surface area contributed by atoms with Crippen molar-refractivity contribution < 1.29 is 9.53 Å². The van der Waals surface area contributed by atoms with Gasteiger partial charge in [-0.25, -0.2) is 0 Å². The summed E-state index contributed by atoms with van der Waals surface area (Å²) in [7, 11) is 0. The molecule has 3 aromatic carbocycles. The lowest BCUT2D eigenvalue weighted by atomic mass is 9.87. The lowest BCUT2D eigenvalue weighted by Crippen LogP contribution is -2.12. The Labute approximate surface area is 208 Å². The molecule has 0 aliphatic carbocycles. The van der Waals surface area contributed by atoms with Crippen molar-refractivity contribution in [3.63, 3.8) is 0 Å². The van der Waals surface area contributed by atoms with E-state index in [0.717, 1.165) is 21.3 Å². The molecule has 34 heavy (non-hydrogen) atoms. The van der Waals surface area contributed by atoms with Crippen LogP contribution in [0.3, 0.4) is 0 Å². The molecule has 0 saturated heterocycles. The van der Waals surface area contributed by atoms with E-state index in [9.17, 15) is 4.79 Å². The van der Waals surface area contributed by atoms with Crippen LogP contribution in [0.15, 0.2) is 89.7 Å². The van der Waals surface area contributed by atoms with Gasteiger partial charge in [0.05, 0.1) is 18.4 Å². The first kappa shape index (κ1) is 23.8. The van der Waals surface area contributed by atoms with E-state index in [1.165, 1.54) is 5.56 Å². The van der Waals surface area contributed by atoms with Crippen molar-refractivity contribution in [3.05, 3.63) is 112 Å². The van der Waals surface area contributed by atoms with Crippen LogP contribution in [0.25, 0.3) is 0 Å². The Balaban J connectivity index is 1.34. The van der Waals surface area contributed by atoms with Gasteiger partial charge in [-0.3, -0.25) is 9.48 Å². The van der Waals surface area contributed by atoms with Gasteiger partial charge in [-0.05, 0) is 58.5 Å². The van der Waals surface area contributed by atoms with E-state index in [1.54, 1.807) is 16.9 Å². The summed E-state index contributed by atoms with van der Waals surface area (Å²) in [5.41, 5.74) is 4.66. The largest absolute Gasteiger partial charge is 0.489 e. The first-order chi connectivity index (χ1) is 16.3. The zero-order valence-electron chi connectivity index (χ0n) is 19.6. The molecule has 0 unspecified atom stereocenters. The Hall–Kier alpha value is -3.38. The molecular formula is C28H28BrN3O2. The number of anilines is 1. The third kappa shape index (κ3) is 6.35. The highest BCUT2D eigenvalue weighted by Crippen LogP contribution is 2.24. The molecule has 174 valence electrons. The number of rotatable bonds is 7. The van der Waals surface area contributed by atoms with Crippen molar-refractivity contribution in [2.24, 2.45) is 0 Å². The summed E-state index contributed by atoms with van der Waals surface area (Å²) >= 11 is 3.44. The lowest BCUT2D eigenvalue weighted by Gasteiger charge is -2.19. The fraction of sp³-hybridized carbons (Fsp3) is 0.214. The monoisotopic (exact) mass is 517 g/mol. The Morgan fingerprint density at radius 2 is 1.74 bits per heavy atom. The predicted molar refractivity (Wildman–Crippen MR) is 139 cm³/mol. The molecule has 0 radical (unpaired) electrons. The predicted octanol–water partition coefficient (Wildman–Crippen LogP) is 6.82. The van der Waals surface area contributed by atoms with Gasteiger partial charge >= 0.3 is 0 Å². The molecule has 6 heteroatoms. The molecule has 1 amide bonds. The molecule has 1 N–H and O–H groups in total. The minimum absolute atomic E-state index is 0.107. The number of nitrogens with one attached hydrogen (secondary N) is 1. The fourth-order valence-corrected chi connectivity index (χ4v) is 3.78. The number of carbonyl (C=O) groups excluding carboxylic acids is 1. The van der Waals surface area contributed by atoms with Crippen LogP contribution >= 0.6 is 15.9 Å². The van der Waals surface area contributed by atoms with Crippen molar-refractivity contribution >= 4 is 27.5 Å². The Morgan fingerprint density at radius 3 is 2.44 bits per heavy atom. The number of halogens is 1. The first-order valence-electron chi connectivity index (χ1n) is 11.2. The normalized spacial score (nSPS) is 11.3. The van der Waals surface area contributed by atoms with Gasteiger partial charge in [-0.1, -0.05) is 73.1 Å². The summed E-state index contributed by atoms with van der Waals surface area (Å²) in [4.78, 5) is 12.8.